The molecule has 9 N–H and O–H groups in total. The molecule has 0 saturated heterocycles. The quantitative estimate of drug-likeness (QED) is 0.00669. The number of ether oxygens (including phenoxy) is 9. The fraction of sp³-hybridized carbons (Fsp3) is 0.571. The van der Waals surface area contributed by atoms with E-state index < -0.39 is 81.4 Å². The average Bonchev–Trinajstić information content (AvgIpc) is 0.866. The lowest BCUT2D eigenvalue weighted by molar-refractivity contribution is -0.158. The van der Waals surface area contributed by atoms with Crippen molar-refractivity contribution in [3.05, 3.63) is 179 Å². The van der Waals surface area contributed by atoms with Crippen LogP contribution in [0.1, 0.15) is 303 Å². The molecular weight excluding hydrogens is 1910 g/mol. The van der Waals surface area contributed by atoms with E-state index in [2.05, 4.69) is 73.2 Å². The summed E-state index contributed by atoms with van der Waals surface area (Å²) in [6.45, 7) is 67.2. The van der Waals surface area contributed by atoms with Gasteiger partial charge in [0.2, 0.25) is 11.8 Å². The highest BCUT2D eigenvalue weighted by Gasteiger charge is 2.32. The van der Waals surface area contributed by atoms with Crippen molar-refractivity contribution in [2.75, 3.05) is 105 Å². The maximum absolute atomic E-state index is 12.0. The summed E-state index contributed by atoms with van der Waals surface area (Å²) in [6, 6.07) is 30.3. The molecule has 148 heavy (non-hydrogen) atoms. The number of aliphatic carboxylic acids is 6. The molecule has 4 aromatic rings. The highest BCUT2D eigenvalue weighted by Crippen LogP contribution is 2.29. The fourth-order valence-electron chi connectivity index (χ4n) is 10.2. The van der Waals surface area contributed by atoms with Crippen molar-refractivity contribution < 1.29 is 150 Å². The lowest BCUT2D eigenvalue weighted by Crippen LogP contribution is -2.33. The first-order chi connectivity index (χ1) is 68.5. The molecule has 4 rings (SSSR count). The molecule has 0 aliphatic heterocycles. The number of carboxylic acid groups (broad SMARTS) is 6. The number of rotatable bonds is 54. The van der Waals surface area contributed by atoms with E-state index in [1.165, 1.54) is 31.4 Å². The second-order valence-corrected chi connectivity index (χ2v) is 39.2. The van der Waals surface area contributed by atoms with Gasteiger partial charge in [-0.3, -0.25) is 72.2 Å². The van der Waals surface area contributed by atoms with Crippen LogP contribution in [-0.2, 0) is 134 Å². The molecule has 0 bridgehead atoms. The summed E-state index contributed by atoms with van der Waals surface area (Å²) >= 11 is 0. The van der Waals surface area contributed by atoms with Crippen LogP contribution in [0.5, 0.6) is 5.75 Å². The Labute approximate surface area is 878 Å². The first kappa shape index (κ1) is 144. The molecule has 0 heterocycles. The van der Waals surface area contributed by atoms with E-state index in [0.29, 0.717) is 104 Å². The summed E-state index contributed by atoms with van der Waals surface area (Å²) in [7, 11) is 1.58. The van der Waals surface area contributed by atoms with Crippen LogP contribution in [-0.4, -0.2) is 240 Å². The highest BCUT2D eigenvalue weighted by molar-refractivity contribution is 5.95. The molecule has 4 aromatic carbocycles. The van der Waals surface area contributed by atoms with Crippen LogP contribution in [0.4, 0.5) is 5.69 Å². The zero-order valence-electron chi connectivity index (χ0n) is 93.5. The number of hydrogen-bond acceptors (Lipinski definition) is 28. The maximum atomic E-state index is 12.0. The Balaban J connectivity index is -0.000000523. The number of hydrogen-bond donors (Lipinski definition) is 8. The van der Waals surface area contributed by atoms with Crippen molar-refractivity contribution in [1.29, 1.82) is 0 Å². The van der Waals surface area contributed by atoms with Gasteiger partial charge in [0.05, 0.1) is 67.5 Å². The fourth-order valence-corrected chi connectivity index (χ4v) is 10.2. The second kappa shape index (κ2) is 75.8. The van der Waals surface area contributed by atoms with Gasteiger partial charge in [0.25, 0.3) is 0 Å². The Bertz CT molecular complexity index is 4390. The van der Waals surface area contributed by atoms with Crippen molar-refractivity contribution in [3.63, 3.8) is 0 Å². The molecular formula is C112H175N5O31. The Morgan fingerprint density at radius 2 is 0.520 bits per heavy atom. The molecule has 0 aromatic heterocycles. The normalized spacial score (nSPS) is 11.5. The van der Waals surface area contributed by atoms with Crippen LogP contribution in [0, 0.1) is 32.5 Å². The summed E-state index contributed by atoms with van der Waals surface area (Å²) < 4.78 is 44.1. The molecule has 36 heteroatoms. The minimum absolute atomic E-state index is 0.0355. The number of anilines is 1. The van der Waals surface area contributed by atoms with Crippen molar-refractivity contribution in [3.8, 4) is 5.75 Å². The van der Waals surface area contributed by atoms with Gasteiger partial charge in [-0.15, -0.1) is 0 Å². The third kappa shape index (κ3) is 67.9. The van der Waals surface area contributed by atoms with Crippen molar-refractivity contribution in [2.45, 2.75) is 289 Å². The van der Waals surface area contributed by atoms with Gasteiger partial charge in [-0.25, -0.2) is 19.2 Å². The van der Waals surface area contributed by atoms with Crippen LogP contribution in [0.25, 0.3) is 0 Å². The van der Waals surface area contributed by atoms with Gasteiger partial charge in [0.15, 0.2) is 0 Å². The number of nitrogens with two attached hydrogens (primary N) is 1. The number of amides is 2. The first-order valence-corrected chi connectivity index (χ1v) is 49.5. The lowest BCUT2D eigenvalue weighted by atomic mass is 9.89. The zero-order valence-corrected chi connectivity index (χ0v) is 93.5. The van der Waals surface area contributed by atoms with Crippen molar-refractivity contribution >= 4 is 101 Å². The predicted molar refractivity (Wildman–Crippen MR) is 569 cm³/mol. The Hall–Kier alpha value is -12.8. The number of esters is 8. The lowest BCUT2D eigenvalue weighted by Gasteiger charge is -2.21. The van der Waals surface area contributed by atoms with Gasteiger partial charge in [0, 0.05) is 65.6 Å². The zero-order chi connectivity index (χ0) is 115. The number of carbonyl (C=O) groups is 16. The van der Waals surface area contributed by atoms with Crippen LogP contribution >= 0.6 is 0 Å². The highest BCUT2D eigenvalue weighted by atomic mass is 16.6. The predicted octanol–water partition coefficient (Wildman–Crippen LogP) is 18.8. The van der Waals surface area contributed by atoms with Crippen LogP contribution in [0.15, 0.2) is 146 Å². The van der Waals surface area contributed by atoms with E-state index in [1.807, 2.05) is 197 Å². The SMILES string of the molecule is C=C(C)C(=O)OCCOC(=O)C(C)(C)CC.C=C(C)C(=O)OCCOC(=O)C(C)(C)CC.C=C(C)C(=O)OCCOC(=O)C(C)(C)CC.C=C(C)C(=O)Oc1ccc(NC(=O)C(C)(C)CC)cc1.CCC(C)(C)C(=O)OCCOC.CCC(C)(C)C(N)=O.CCC(C)c1ccc(CN(CC(=O)O)CC(=O)O)cc1.CCC(C)c1ccc(CN(CC(=O)O)CC(=O)O)cc1.CCC(C)c1ccc(CN(CC(=O)O)CC(=O)O)cc1. The van der Waals surface area contributed by atoms with Gasteiger partial charge in [0.1, 0.15) is 52.0 Å². The second-order valence-electron chi connectivity index (χ2n) is 39.2. The summed E-state index contributed by atoms with van der Waals surface area (Å²) in [4.78, 5) is 181. The largest absolute Gasteiger partial charge is 0.480 e. The van der Waals surface area contributed by atoms with Gasteiger partial charge < -0.3 is 84.3 Å². The third-order valence-electron chi connectivity index (χ3n) is 23.5. The van der Waals surface area contributed by atoms with Gasteiger partial charge in [-0.05, 0) is 216 Å². The molecule has 3 atom stereocenters. The number of nitrogens with zero attached hydrogens (tertiary/aromatic N) is 3. The molecule has 0 aliphatic rings. The molecule has 0 spiro atoms. The number of primary amides is 1. The van der Waals surface area contributed by atoms with E-state index in [4.69, 9.17) is 79.0 Å². The van der Waals surface area contributed by atoms with Crippen molar-refractivity contribution in [2.24, 2.45) is 38.2 Å². The summed E-state index contributed by atoms with van der Waals surface area (Å²) in [5.41, 5.74) is 10.9. The number of carboxylic acids is 6. The number of benzene rings is 4. The van der Waals surface area contributed by atoms with Crippen LogP contribution < -0.4 is 15.8 Å². The van der Waals surface area contributed by atoms with E-state index in [1.54, 1.807) is 59.1 Å². The van der Waals surface area contributed by atoms with Gasteiger partial charge >= 0.3 is 83.6 Å². The van der Waals surface area contributed by atoms with E-state index in [0.717, 1.165) is 55.2 Å². The van der Waals surface area contributed by atoms with Crippen LogP contribution in [0.3, 0.4) is 0 Å². The molecule has 0 fully saturated rings. The number of nitrogens with one attached hydrogen (secondary N) is 1. The minimum atomic E-state index is -1.03. The van der Waals surface area contributed by atoms with E-state index in [9.17, 15) is 76.7 Å². The smallest absolute Gasteiger partial charge is 0.338 e. The Morgan fingerprint density at radius 3 is 0.696 bits per heavy atom. The standard InChI is InChI=1S/C16H21NO3.3C15H21NO4.3C12H20O4.C9H18O3.C6H13NO/c1-6-16(4,5)15(19)17-12-7-9-13(10-8-12)20-14(18)11(2)3;3*1-3-11(2)13-6-4-12(5-7-13)8-16(9-14(17)18)10-15(19)20;3*1-6-12(4,5)11(14)16-8-7-15-10(13)9(2)3;1-5-9(2,3)8(10)12-7-6-11-4;1-4-6(2,3)5(7)8/h7-10H,2,6H2,1,3-5H3,(H,17,19);3*4-7,11H,3,8-10H2,1-2H3,(H,17,18)(H,19,20);3*2,6-8H2,1,3-5H3;5-7H2,1-4H3;4H2,1-3H3,(H2,7,8). The molecule has 0 radical (unpaired) electrons. The summed E-state index contributed by atoms with van der Waals surface area (Å²) in [5, 5.41) is 55.6. The minimum Gasteiger partial charge on any atom is -0.480 e. The van der Waals surface area contributed by atoms with Crippen LogP contribution in [0.2, 0.25) is 0 Å². The first-order valence-electron chi connectivity index (χ1n) is 49.5. The monoisotopic (exact) mass is 2090 g/mol. The topological polar surface area (TPSA) is 525 Å². The molecule has 36 nitrogen and oxygen atoms in total. The molecule has 0 aliphatic carbocycles. The number of methoxy groups -OCH3 is 1. The Kier molecular flexibility index (Phi) is 73.6. The molecule has 0 saturated carbocycles. The van der Waals surface area contributed by atoms with E-state index in [-0.39, 0.29) is 125 Å². The van der Waals surface area contributed by atoms with Gasteiger partial charge in [-0.2, -0.15) is 0 Å². The summed E-state index contributed by atoms with van der Waals surface area (Å²) in [5.74, 6) is -7.38. The molecule has 3 unspecified atom stereocenters. The maximum Gasteiger partial charge on any atom is 0.338 e. The summed E-state index contributed by atoms with van der Waals surface area (Å²) in [6.07, 6.45) is 7.65. The third-order valence-corrected chi connectivity index (χ3v) is 23.5. The van der Waals surface area contributed by atoms with Crippen molar-refractivity contribution in [1.82, 2.24) is 14.7 Å². The van der Waals surface area contributed by atoms with Gasteiger partial charge in [-0.1, -0.05) is 210 Å². The van der Waals surface area contributed by atoms with E-state index >= 15 is 0 Å². The molecule has 2 amide bonds. The average molecular weight is 2090 g/mol. The Morgan fingerprint density at radius 1 is 0.311 bits per heavy atom. The molecule has 834 valence electrons. The number of carbonyl (C=O) groups excluding carboxylic acids is 10.